The Hall–Kier alpha value is -1.67. The zero-order chi connectivity index (χ0) is 13.9. The molecule has 1 unspecified atom stereocenters. The SMILES string of the molecule is COC(=O)C(C)NS(=O)(=O)c1ccc(F)cc1N. The molecule has 1 atom stereocenters. The average molecular weight is 276 g/mol. The highest BCUT2D eigenvalue weighted by atomic mass is 32.2. The monoisotopic (exact) mass is 276 g/mol. The number of hydrogen-bond acceptors (Lipinski definition) is 5. The molecular weight excluding hydrogens is 263 g/mol. The second kappa shape index (κ2) is 5.32. The Kier molecular flexibility index (Phi) is 4.25. The van der Waals surface area contributed by atoms with Crippen LogP contribution in [0.3, 0.4) is 0 Å². The summed E-state index contributed by atoms with van der Waals surface area (Å²) in [5.74, 6) is -1.38. The maximum absolute atomic E-state index is 12.8. The van der Waals surface area contributed by atoms with Gasteiger partial charge in [-0.15, -0.1) is 0 Å². The highest BCUT2D eigenvalue weighted by Crippen LogP contribution is 2.19. The summed E-state index contributed by atoms with van der Waals surface area (Å²) in [6, 6.07) is 1.81. The zero-order valence-corrected chi connectivity index (χ0v) is 10.6. The summed E-state index contributed by atoms with van der Waals surface area (Å²) in [4.78, 5) is 10.8. The molecule has 0 radical (unpaired) electrons. The van der Waals surface area contributed by atoms with Gasteiger partial charge in [0, 0.05) is 0 Å². The quantitative estimate of drug-likeness (QED) is 0.606. The van der Waals surface area contributed by atoms with Crippen LogP contribution in [0.5, 0.6) is 0 Å². The molecular formula is C10H13FN2O4S. The fourth-order valence-corrected chi connectivity index (χ4v) is 2.59. The Balaban J connectivity index is 3.04. The molecule has 0 heterocycles. The van der Waals surface area contributed by atoms with E-state index in [0.29, 0.717) is 0 Å². The van der Waals surface area contributed by atoms with Crippen LogP contribution < -0.4 is 10.5 Å². The van der Waals surface area contributed by atoms with Crippen molar-refractivity contribution < 1.29 is 22.3 Å². The summed E-state index contributed by atoms with van der Waals surface area (Å²) in [6.07, 6.45) is 0. The lowest BCUT2D eigenvalue weighted by Gasteiger charge is -2.13. The average Bonchev–Trinajstić information content (AvgIpc) is 2.26. The molecule has 0 aliphatic carbocycles. The molecule has 8 heteroatoms. The number of nitrogens with two attached hydrogens (primary N) is 1. The van der Waals surface area contributed by atoms with Crippen molar-refractivity contribution in [3.63, 3.8) is 0 Å². The maximum Gasteiger partial charge on any atom is 0.323 e. The summed E-state index contributed by atoms with van der Waals surface area (Å²) < 4.78 is 43.0. The molecule has 0 aliphatic heterocycles. The minimum Gasteiger partial charge on any atom is -0.468 e. The fraction of sp³-hybridized carbons (Fsp3) is 0.300. The van der Waals surface area contributed by atoms with Crippen molar-refractivity contribution >= 4 is 21.7 Å². The van der Waals surface area contributed by atoms with Crippen molar-refractivity contribution in [1.82, 2.24) is 4.72 Å². The Labute approximate surface area is 104 Å². The number of sulfonamides is 1. The first-order valence-electron chi connectivity index (χ1n) is 4.93. The molecule has 18 heavy (non-hydrogen) atoms. The van der Waals surface area contributed by atoms with E-state index in [2.05, 4.69) is 9.46 Å². The van der Waals surface area contributed by atoms with E-state index in [1.165, 1.54) is 6.92 Å². The Morgan fingerprint density at radius 2 is 2.11 bits per heavy atom. The molecule has 0 spiro atoms. The van der Waals surface area contributed by atoms with Crippen LogP contribution in [0.25, 0.3) is 0 Å². The Bertz CT molecular complexity index is 559. The van der Waals surface area contributed by atoms with E-state index in [4.69, 9.17) is 5.73 Å². The van der Waals surface area contributed by atoms with Crippen LogP contribution in [0.2, 0.25) is 0 Å². The lowest BCUT2D eigenvalue weighted by Crippen LogP contribution is -2.39. The topological polar surface area (TPSA) is 98.5 Å². The van der Waals surface area contributed by atoms with Crippen molar-refractivity contribution in [3.8, 4) is 0 Å². The smallest absolute Gasteiger partial charge is 0.323 e. The molecule has 1 rings (SSSR count). The second-order valence-corrected chi connectivity index (χ2v) is 5.23. The van der Waals surface area contributed by atoms with Crippen molar-refractivity contribution in [2.75, 3.05) is 12.8 Å². The number of hydrogen-bond donors (Lipinski definition) is 2. The number of methoxy groups -OCH3 is 1. The van der Waals surface area contributed by atoms with Gasteiger partial charge in [0.15, 0.2) is 0 Å². The fourth-order valence-electron chi connectivity index (χ4n) is 1.29. The minimum atomic E-state index is -4.00. The third-order valence-corrected chi connectivity index (χ3v) is 3.76. The number of nitrogen functional groups attached to an aromatic ring is 1. The lowest BCUT2D eigenvalue weighted by atomic mass is 10.3. The van der Waals surface area contributed by atoms with Gasteiger partial charge in [-0.3, -0.25) is 4.79 Å². The molecule has 0 aromatic heterocycles. The standard InChI is InChI=1S/C10H13FN2O4S/c1-6(10(14)17-2)13-18(15,16)9-4-3-7(11)5-8(9)12/h3-6,13H,12H2,1-2H3. The molecule has 0 fully saturated rings. The normalized spacial score (nSPS) is 13.1. The van der Waals surface area contributed by atoms with Crippen LogP contribution in [0.15, 0.2) is 23.1 Å². The van der Waals surface area contributed by atoms with Crippen molar-refractivity contribution in [1.29, 1.82) is 0 Å². The molecule has 3 N–H and O–H groups in total. The van der Waals surface area contributed by atoms with Crippen molar-refractivity contribution in [2.45, 2.75) is 17.9 Å². The van der Waals surface area contributed by atoms with Crippen LogP contribution in [0, 0.1) is 5.82 Å². The van der Waals surface area contributed by atoms with Gasteiger partial charge in [0.1, 0.15) is 16.8 Å². The highest BCUT2D eigenvalue weighted by Gasteiger charge is 2.24. The van der Waals surface area contributed by atoms with Crippen molar-refractivity contribution in [2.24, 2.45) is 0 Å². The molecule has 0 saturated carbocycles. The number of halogens is 1. The predicted molar refractivity (Wildman–Crippen MR) is 62.6 cm³/mol. The van der Waals surface area contributed by atoms with Gasteiger partial charge in [0.05, 0.1) is 12.8 Å². The van der Waals surface area contributed by atoms with E-state index < -0.39 is 27.9 Å². The molecule has 0 amide bonds. The van der Waals surface area contributed by atoms with Crippen LogP contribution in [0.1, 0.15) is 6.92 Å². The van der Waals surface area contributed by atoms with Gasteiger partial charge in [-0.25, -0.2) is 12.8 Å². The summed E-state index contributed by atoms with van der Waals surface area (Å²) in [7, 11) is -2.87. The largest absolute Gasteiger partial charge is 0.468 e. The van der Waals surface area contributed by atoms with Gasteiger partial charge in [-0.05, 0) is 25.1 Å². The zero-order valence-electron chi connectivity index (χ0n) is 9.81. The maximum atomic E-state index is 12.8. The number of ether oxygens (including phenoxy) is 1. The number of carbonyl (C=O) groups is 1. The van der Waals surface area contributed by atoms with E-state index in [0.717, 1.165) is 25.3 Å². The number of benzene rings is 1. The molecule has 0 saturated heterocycles. The third-order valence-electron chi connectivity index (χ3n) is 2.15. The van der Waals surface area contributed by atoms with Crippen LogP contribution >= 0.6 is 0 Å². The lowest BCUT2D eigenvalue weighted by molar-refractivity contribution is -0.142. The molecule has 0 aliphatic rings. The molecule has 1 aromatic carbocycles. The first kappa shape index (κ1) is 14.4. The molecule has 100 valence electrons. The third kappa shape index (κ3) is 3.17. The summed E-state index contributed by atoms with van der Waals surface area (Å²) in [5, 5.41) is 0. The first-order valence-corrected chi connectivity index (χ1v) is 6.41. The number of anilines is 1. The van der Waals surface area contributed by atoms with E-state index in [-0.39, 0.29) is 10.6 Å². The first-order chi connectivity index (χ1) is 8.27. The summed E-state index contributed by atoms with van der Waals surface area (Å²) >= 11 is 0. The minimum absolute atomic E-state index is 0.237. The second-order valence-electron chi connectivity index (χ2n) is 3.55. The van der Waals surface area contributed by atoms with E-state index in [1.54, 1.807) is 0 Å². The number of esters is 1. The number of carbonyl (C=O) groups excluding carboxylic acids is 1. The van der Waals surface area contributed by atoms with Crippen LogP contribution in [-0.4, -0.2) is 27.5 Å². The molecule has 1 aromatic rings. The van der Waals surface area contributed by atoms with E-state index in [1.807, 2.05) is 0 Å². The van der Waals surface area contributed by atoms with Crippen molar-refractivity contribution in [3.05, 3.63) is 24.0 Å². The number of nitrogens with one attached hydrogen (secondary N) is 1. The Morgan fingerprint density at radius 1 is 1.50 bits per heavy atom. The predicted octanol–water partition coefficient (Wildman–Crippen LogP) is 0.248. The molecule has 0 bridgehead atoms. The van der Waals surface area contributed by atoms with E-state index in [9.17, 15) is 17.6 Å². The summed E-state index contributed by atoms with van der Waals surface area (Å²) in [5.41, 5.74) is 5.18. The van der Waals surface area contributed by atoms with Gasteiger partial charge >= 0.3 is 5.97 Å². The summed E-state index contributed by atoms with van der Waals surface area (Å²) in [6.45, 7) is 1.32. The molecule has 6 nitrogen and oxygen atoms in total. The highest BCUT2D eigenvalue weighted by molar-refractivity contribution is 7.89. The van der Waals surface area contributed by atoms with Gasteiger partial charge in [0.2, 0.25) is 10.0 Å². The Morgan fingerprint density at radius 3 is 2.61 bits per heavy atom. The van der Waals surface area contributed by atoms with Gasteiger partial charge in [-0.1, -0.05) is 0 Å². The van der Waals surface area contributed by atoms with Crippen LogP contribution in [-0.2, 0) is 19.6 Å². The van der Waals surface area contributed by atoms with Crippen LogP contribution in [0.4, 0.5) is 10.1 Å². The van der Waals surface area contributed by atoms with Gasteiger partial charge in [0.25, 0.3) is 0 Å². The van der Waals surface area contributed by atoms with Gasteiger partial charge < -0.3 is 10.5 Å². The van der Waals surface area contributed by atoms with E-state index >= 15 is 0 Å². The number of rotatable bonds is 4. The van der Waals surface area contributed by atoms with Gasteiger partial charge in [-0.2, -0.15) is 4.72 Å².